The van der Waals surface area contributed by atoms with Crippen molar-refractivity contribution in [2.24, 2.45) is 0 Å². The summed E-state index contributed by atoms with van der Waals surface area (Å²) in [7, 11) is 0. The van der Waals surface area contributed by atoms with Crippen LogP contribution in [0.2, 0.25) is 0 Å². The van der Waals surface area contributed by atoms with Crippen LogP contribution >= 0.6 is 0 Å². The van der Waals surface area contributed by atoms with Crippen LogP contribution in [0.25, 0.3) is 0 Å². The third-order valence-corrected chi connectivity index (χ3v) is 3.75. The molecule has 1 amide bonds. The normalized spacial score (nSPS) is 22.9. The van der Waals surface area contributed by atoms with Gasteiger partial charge in [0.05, 0.1) is 11.6 Å². The summed E-state index contributed by atoms with van der Waals surface area (Å²) in [6.07, 6.45) is -1.76. The highest BCUT2D eigenvalue weighted by Crippen LogP contribution is 2.32. The minimum atomic E-state index is -4.41. The molecular formula is C15H19F3N2O. The van der Waals surface area contributed by atoms with E-state index in [1.165, 1.54) is 6.07 Å². The number of benzene rings is 1. The number of carbonyl (C=O) groups is 1. The Hall–Kier alpha value is -1.56. The van der Waals surface area contributed by atoms with E-state index in [9.17, 15) is 18.0 Å². The zero-order valence-corrected chi connectivity index (χ0v) is 12.1. The summed E-state index contributed by atoms with van der Waals surface area (Å²) >= 11 is 0. The van der Waals surface area contributed by atoms with Crippen molar-refractivity contribution in [3.63, 3.8) is 0 Å². The van der Waals surface area contributed by atoms with Crippen LogP contribution in [0.4, 0.5) is 18.9 Å². The van der Waals surface area contributed by atoms with Crippen molar-refractivity contribution < 1.29 is 18.0 Å². The van der Waals surface area contributed by atoms with Crippen molar-refractivity contribution in [3.05, 3.63) is 29.3 Å². The van der Waals surface area contributed by atoms with Crippen LogP contribution in [-0.2, 0) is 11.0 Å². The first kappa shape index (κ1) is 15.8. The van der Waals surface area contributed by atoms with E-state index < -0.39 is 11.7 Å². The number of nitrogens with one attached hydrogen (secondary N) is 2. The molecular weight excluding hydrogens is 281 g/mol. The molecule has 0 aliphatic carbocycles. The minimum Gasteiger partial charge on any atom is -0.324 e. The molecule has 1 aliphatic heterocycles. The summed E-state index contributed by atoms with van der Waals surface area (Å²) < 4.78 is 38.2. The summed E-state index contributed by atoms with van der Waals surface area (Å²) in [5.41, 5.74) is 0.0726. The maximum Gasteiger partial charge on any atom is 0.416 e. The number of halogens is 3. The summed E-state index contributed by atoms with van der Waals surface area (Å²) in [4.78, 5) is 12.2. The third kappa shape index (κ3) is 3.97. The number of piperidine rings is 1. The average Bonchev–Trinajstić information content (AvgIpc) is 2.40. The molecule has 21 heavy (non-hydrogen) atoms. The largest absolute Gasteiger partial charge is 0.416 e. The van der Waals surface area contributed by atoms with Gasteiger partial charge in [0.2, 0.25) is 5.91 Å². The van der Waals surface area contributed by atoms with Gasteiger partial charge in [-0.25, -0.2) is 0 Å². The SMILES string of the molecule is Cc1ccc(C(F)(F)F)cc1NC(=O)C1CCCC(C)N1. The summed E-state index contributed by atoms with van der Waals surface area (Å²) in [5, 5.41) is 5.78. The van der Waals surface area contributed by atoms with Gasteiger partial charge in [-0.2, -0.15) is 13.2 Å². The maximum atomic E-state index is 12.7. The van der Waals surface area contributed by atoms with Crippen molar-refractivity contribution in [3.8, 4) is 0 Å². The first-order chi connectivity index (χ1) is 9.77. The molecule has 1 fully saturated rings. The number of aryl methyl sites for hydroxylation is 1. The van der Waals surface area contributed by atoms with Gasteiger partial charge in [-0.3, -0.25) is 4.79 Å². The van der Waals surface area contributed by atoms with Crippen LogP contribution < -0.4 is 10.6 Å². The number of rotatable bonds is 2. The molecule has 1 saturated heterocycles. The summed E-state index contributed by atoms with van der Waals surface area (Å²) in [5.74, 6) is -0.274. The fraction of sp³-hybridized carbons (Fsp3) is 0.533. The van der Waals surface area contributed by atoms with Gasteiger partial charge in [-0.05, 0) is 50.8 Å². The predicted molar refractivity (Wildman–Crippen MR) is 75.0 cm³/mol. The highest BCUT2D eigenvalue weighted by Gasteiger charge is 2.31. The lowest BCUT2D eigenvalue weighted by atomic mass is 9.99. The fourth-order valence-electron chi connectivity index (χ4n) is 2.50. The highest BCUT2D eigenvalue weighted by molar-refractivity contribution is 5.95. The van der Waals surface area contributed by atoms with E-state index in [1.807, 2.05) is 6.92 Å². The van der Waals surface area contributed by atoms with Gasteiger partial charge >= 0.3 is 6.18 Å². The van der Waals surface area contributed by atoms with Crippen molar-refractivity contribution in [2.45, 2.75) is 51.4 Å². The minimum absolute atomic E-state index is 0.217. The van der Waals surface area contributed by atoms with Crippen molar-refractivity contribution in [1.82, 2.24) is 5.32 Å². The van der Waals surface area contributed by atoms with E-state index >= 15 is 0 Å². The lowest BCUT2D eigenvalue weighted by Gasteiger charge is -2.28. The molecule has 0 bridgehead atoms. The summed E-state index contributed by atoms with van der Waals surface area (Å²) in [6, 6.07) is 3.28. The Morgan fingerprint density at radius 1 is 1.33 bits per heavy atom. The van der Waals surface area contributed by atoms with E-state index in [2.05, 4.69) is 10.6 Å². The monoisotopic (exact) mass is 300 g/mol. The number of hydrogen-bond acceptors (Lipinski definition) is 2. The molecule has 3 nitrogen and oxygen atoms in total. The molecule has 0 spiro atoms. The second-order valence-electron chi connectivity index (χ2n) is 5.57. The third-order valence-electron chi connectivity index (χ3n) is 3.75. The Bertz CT molecular complexity index is 528. The quantitative estimate of drug-likeness (QED) is 0.878. The van der Waals surface area contributed by atoms with Crippen molar-refractivity contribution in [2.75, 3.05) is 5.32 Å². The molecule has 0 radical (unpaired) electrons. The number of anilines is 1. The number of amides is 1. The first-order valence-corrected chi connectivity index (χ1v) is 7.02. The highest BCUT2D eigenvalue weighted by atomic mass is 19.4. The molecule has 2 unspecified atom stereocenters. The van der Waals surface area contributed by atoms with E-state index in [4.69, 9.17) is 0 Å². The Morgan fingerprint density at radius 3 is 2.67 bits per heavy atom. The number of hydrogen-bond donors (Lipinski definition) is 2. The van der Waals surface area contributed by atoms with E-state index in [0.717, 1.165) is 25.0 Å². The smallest absolute Gasteiger partial charge is 0.324 e. The van der Waals surface area contributed by atoms with E-state index in [1.54, 1.807) is 6.92 Å². The Labute approximate surface area is 121 Å². The molecule has 2 atom stereocenters. The van der Waals surface area contributed by atoms with Crippen molar-refractivity contribution in [1.29, 1.82) is 0 Å². The van der Waals surface area contributed by atoms with Crippen LogP contribution in [-0.4, -0.2) is 18.0 Å². The molecule has 2 rings (SSSR count). The molecule has 1 aliphatic rings. The second kappa shape index (κ2) is 6.05. The summed E-state index contributed by atoms with van der Waals surface area (Å²) in [6.45, 7) is 3.67. The van der Waals surface area contributed by atoms with Gasteiger partial charge in [0.15, 0.2) is 0 Å². The van der Waals surface area contributed by atoms with Gasteiger partial charge in [0, 0.05) is 11.7 Å². The number of carbonyl (C=O) groups excluding carboxylic acids is 1. The topological polar surface area (TPSA) is 41.1 Å². The molecule has 6 heteroatoms. The van der Waals surface area contributed by atoms with Crippen LogP contribution in [0.5, 0.6) is 0 Å². The second-order valence-corrected chi connectivity index (χ2v) is 5.57. The van der Waals surface area contributed by atoms with Gasteiger partial charge in [-0.1, -0.05) is 6.07 Å². The maximum absolute atomic E-state index is 12.7. The van der Waals surface area contributed by atoms with Gasteiger partial charge in [0.1, 0.15) is 0 Å². The zero-order valence-electron chi connectivity index (χ0n) is 12.1. The molecule has 0 saturated carbocycles. The predicted octanol–water partition coefficient (Wildman–Crippen LogP) is 3.48. The standard InChI is InChI=1S/C15H19F3N2O/c1-9-6-7-11(15(16,17)18)8-13(9)20-14(21)12-5-3-4-10(2)19-12/h6-8,10,12,19H,3-5H2,1-2H3,(H,20,21). The first-order valence-electron chi connectivity index (χ1n) is 7.02. The Balaban J connectivity index is 2.13. The van der Waals surface area contributed by atoms with Gasteiger partial charge < -0.3 is 10.6 Å². The molecule has 116 valence electrons. The number of alkyl halides is 3. The van der Waals surface area contributed by atoms with Gasteiger partial charge in [0.25, 0.3) is 0 Å². The van der Waals surface area contributed by atoms with Crippen LogP contribution in [0.3, 0.4) is 0 Å². The van der Waals surface area contributed by atoms with Crippen LogP contribution in [0.15, 0.2) is 18.2 Å². The van der Waals surface area contributed by atoms with Crippen LogP contribution in [0, 0.1) is 6.92 Å². The molecule has 1 heterocycles. The molecule has 1 aromatic rings. The van der Waals surface area contributed by atoms with Crippen molar-refractivity contribution >= 4 is 11.6 Å². The van der Waals surface area contributed by atoms with E-state index in [0.29, 0.717) is 12.0 Å². The Kier molecular flexibility index (Phi) is 4.56. The fourth-order valence-corrected chi connectivity index (χ4v) is 2.50. The van der Waals surface area contributed by atoms with E-state index in [-0.39, 0.29) is 23.7 Å². The lowest BCUT2D eigenvalue weighted by molar-refractivity contribution is -0.137. The average molecular weight is 300 g/mol. The molecule has 0 aromatic heterocycles. The zero-order chi connectivity index (χ0) is 15.6. The molecule has 1 aromatic carbocycles. The Morgan fingerprint density at radius 2 is 2.05 bits per heavy atom. The van der Waals surface area contributed by atoms with Gasteiger partial charge in [-0.15, -0.1) is 0 Å². The lowest BCUT2D eigenvalue weighted by Crippen LogP contribution is -2.47. The molecule has 2 N–H and O–H groups in total. The van der Waals surface area contributed by atoms with Crippen LogP contribution in [0.1, 0.15) is 37.3 Å².